The molecule has 134 valence electrons. The quantitative estimate of drug-likeness (QED) is 0.633. The number of hydrogen-bond donors (Lipinski definition) is 1. The number of rotatable bonds is 5. The van der Waals surface area contributed by atoms with Crippen molar-refractivity contribution in [2.75, 3.05) is 0 Å². The van der Waals surface area contributed by atoms with Crippen molar-refractivity contribution in [3.63, 3.8) is 0 Å². The van der Waals surface area contributed by atoms with E-state index in [9.17, 15) is 4.79 Å². The highest BCUT2D eigenvalue weighted by molar-refractivity contribution is 7.80. The van der Waals surface area contributed by atoms with Crippen molar-refractivity contribution in [1.29, 1.82) is 0 Å². The number of carbonyl (C=O) groups excluding carboxylic acids is 1. The molecule has 1 atom stereocenters. The second-order valence-electron chi connectivity index (χ2n) is 6.49. The van der Waals surface area contributed by atoms with E-state index in [1.165, 1.54) is 0 Å². The number of benzene rings is 2. The summed E-state index contributed by atoms with van der Waals surface area (Å²) >= 11 is 5.39. The van der Waals surface area contributed by atoms with E-state index in [0.717, 1.165) is 16.9 Å². The van der Waals surface area contributed by atoms with E-state index in [0.29, 0.717) is 10.8 Å². The Labute approximate surface area is 159 Å². The van der Waals surface area contributed by atoms with Gasteiger partial charge in [-0.1, -0.05) is 42.5 Å². The van der Waals surface area contributed by atoms with Crippen LogP contribution in [0.5, 0.6) is 5.75 Å². The van der Waals surface area contributed by atoms with Crippen molar-refractivity contribution in [1.82, 2.24) is 10.2 Å². The molecule has 1 fully saturated rings. The third-order valence-electron chi connectivity index (χ3n) is 4.14. The van der Waals surface area contributed by atoms with E-state index in [-0.39, 0.29) is 18.1 Å². The zero-order chi connectivity index (χ0) is 18.7. The van der Waals surface area contributed by atoms with Gasteiger partial charge in [-0.25, -0.2) is 0 Å². The van der Waals surface area contributed by atoms with Gasteiger partial charge in [0.05, 0.1) is 12.1 Å². The summed E-state index contributed by atoms with van der Waals surface area (Å²) in [5.41, 5.74) is 2.44. The smallest absolute Gasteiger partial charge is 0.277 e. The van der Waals surface area contributed by atoms with Crippen LogP contribution in [0.1, 0.15) is 37.9 Å². The summed E-state index contributed by atoms with van der Waals surface area (Å²) in [6, 6.07) is 17.4. The highest BCUT2D eigenvalue weighted by Crippen LogP contribution is 2.26. The Morgan fingerprint density at radius 2 is 1.69 bits per heavy atom. The molecule has 2 aromatic carbocycles. The van der Waals surface area contributed by atoms with Gasteiger partial charge >= 0.3 is 0 Å². The first-order chi connectivity index (χ1) is 12.5. The van der Waals surface area contributed by atoms with Crippen molar-refractivity contribution in [3.05, 3.63) is 71.4 Å². The maximum atomic E-state index is 12.8. The summed E-state index contributed by atoms with van der Waals surface area (Å²) in [5.74, 6) is 0.691. The molecule has 1 saturated heterocycles. The molecule has 1 heterocycles. The van der Waals surface area contributed by atoms with Crippen molar-refractivity contribution < 1.29 is 9.53 Å². The van der Waals surface area contributed by atoms with Crippen LogP contribution in [0, 0.1) is 0 Å². The number of nitrogens with one attached hydrogen (secondary N) is 1. The SMILES string of the molecule is CC(C)Oc1ccc(/C=C2\NC(=S)N(C(C)c3ccccc3)C2=O)cc1. The molecule has 0 bridgehead atoms. The summed E-state index contributed by atoms with van der Waals surface area (Å²) < 4.78 is 5.64. The lowest BCUT2D eigenvalue weighted by molar-refractivity contribution is -0.123. The number of amides is 1. The summed E-state index contributed by atoms with van der Waals surface area (Å²) in [7, 11) is 0. The molecule has 0 aliphatic carbocycles. The van der Waals surface area contributed by atoms with E-state index < -0.39 is 0 Å². The first kappa shape index (κ1) is 18.1. The Hall–Kier alpha value is -2.66. The van der Waals surface area contributed by atoms with E-state index in [2.05, 4.69) is 5.32 Å². The lowest BCUT2D eigenvalue weighted by Gasteiger charge is -2.23. The van der Waals surface area contributed by atoms with E-state index >= 15 is 0 Å². The number of thiocarbonyl (C=S) groups is 1. The molecule has 1 aliphatic rings. The van der Waals surface area contributed by atoms with Gasteiger partial charge in [0.25, 0.3) is 5.91 Å². The summed E-state index contributed by atoms with van der Waals surface area (Å²) in [6.45, 7) is 5.95. The van der Waals surface area contributed by atoms with Gasteiger partial charge in [-0.15, -0.1) is 0 Å². The maximum absolute atomic E-state index is 12.8. The molecule has 3 rings (SSSR count). The normalized spacial score (nSPS) is 16.9. The molecule has 0 aromatic heterocycles. The average molecular weight is 366 g/mol. The van der Waals surface area contributed by atoms with Gasteiger partial charge in [0.2, 0.25) is 0 Å². The zero-order valence-electron chi connectivity index (χ0n) is 15.1. The van der Waals surface area contributed by atoms with E-state index in [1.54, 1.807) is 4.90 Å². The summed E-state index contributed by atoms with van der Waals surface area (Å²) in [5, 5.41) is 3.47. The Morgan fingerprint density at radius 1 is 1.04 bits per heavy atom. The van der Waals surface area contributed by atoms with E-state index in [4.69, 9.17) is 17.0 Å². The fourth-order valence-electron chi connectivity index (χ4n) is 2.86. The zero-order valence-corrected chi connectivity index (χ0v) is 15.9. The van der Waals surface area contributed by atoms with Gasteiger partial charge in [0, 0.05) is 0 Å². The van der Waals surface area contributed by atoms with Gasteiger partial charge in [0.15, 0.2) is 5.11 Å². The van der Waals surface area contributed by atoms with Crippen LogP contribution in [-0.2, 0) is 4.79 Å². The maximum Gasteiger partial charge on any atom is 0.277 e. The molecular weight excluding hydrogens is 344 g/mol. The van der Waals surface area contributed by atoms with Crippen LogP contribution in [0.2, 0.25) is 0 Å². The number of hydrogen-bond acceptors (Lipinski definition) is 3. The Morgan fingerprint density at radius 3 is 2.31 bits per heavy atom. The van der Waals surface area contributed by atoms with Crippen LogP contribution in [0.3, 0.4) is 0 Å². The van der Waals surface area contributed by atoms with Gasteiger partial charge < -0.3 is 10.1 Å². The molecule has 2 aromatic rings. The first-order valence-corrected chi connectivity index (χ1v) is 9.04. The second kappa shape index (κ2) is 7.70. The topological polar surface area (TPSA) is 41.6 Å². The number of carbonyl (C=O) groups is 1. The first-order valence-electron chi connectivity index (χ1n) is 8.63. The molecule has 5 heteroatoms. The molecule has 0 spiro atoms. The van der Waals surface area contributed by atoms with Crippen molar-refractivity contribution >= 4 is 29.3 Å². The van der Waals surface area contributed by atoms with Gasteiger partial charge in [-0.2, -0.15) is 0 Å². The Balaban J connectivity index is 1.79. The lowest BCUT2D eigenvalue weighted by Crippen LogP contribution is -2.33. The lowest BCUT2D eigenvalue weighted by atomic mass is 10.1. The fourth-order valence-corrected chi connectivity index (χ4v) is 3.21. The molecule has 4 nitrogen and oxygen atoms in total. The fraction of sp³-hybridized carbons (Fsp3) is 0.238. The predicted molar refractivity (Wildman–Crippen MR) is 108 cm³/mol. The molecule has 1 unspecified atom stereocenters. The monoisotopic (exact) mass is 366 g/mol. The van der Waals surface area contributed by atoms with Crippen molar-refractivity contribution in [2.24, 2.45) is 0 Å². The van der Waals surface area contributed by atoms with Crippen LogP contribution >= 0.6 is 12.2 Å². The Kier molecular flexibility index (Phi) is 5.38. The standard InChI is InChI=1S/C21H22N2O2S/c1-14(2)25-18-11-9-16(10-12-18)13-19-20(24)23(21(26)22-19)15(3)17-7-5-4-6-8-17/h4-15H,1-3H3,(H,22,26)/b19-13-. The number of nitrogens with zero attached hydrogens (tertiary/aromatic N) is 1. The molecule has 1 N–H and O–H groups in total. The van der Waals surface area contributed by atoms with Gasteiger partial charge in [-0.05, 0) is 62.3 Å². The third kappa shape index (κ3) is 3.94. The van der Waals surface area contributed by atoms with Crippen molar-refractivity contribution in [2.45, 2.75) is 32.9 Å². The largest absolute Gasteiger partial charge is 0.491 e. The van der Waals surface area contributed by atoms with Crippen LogP contribution < -0.4 is 10.1 Å². The van der Waals surface area contributed by atoms with Crippen LogP contribution in [0.4, 0.5) is 0 Å². The second-order valence-corrected chi connectivity index (χ2v) is 6.87. The predicted octanol–water partition coefficient (Wildman–Crippen LogP) is 4.29. The highest BCUT2D eigenvalue weighted by atomic mass is 32.1. The average Bonchev–Trinajstić information content (AvgIpc) is 2.90. The molecule has 1 aliphatic heterocycles. The Bertz CT molecular complexity index is 829. The molecule has 26 heavy (non-hydrogen) atoms. The molecule has 1 amide bonds. The van der Waals surface area contributed by atoms with Crippen LogP contribution in [0.25, 0.3) is 6.08 Å². The minimum atomic E-state index is -0.128. The highest BCUT2D eigenvalue weighted by Gasteiger charge is 2.34. The van der Waals surface area contributed by atoms with E-state index in [1.807, 2.05) is 81.4 Å². The summed E-state index contributed by atoms with van der Waals surface area (Å²) in [6.07, 6.45) is 1.94. The van der Waals surface area contributed by atoms with Crippen LogP contribution in [-0.4, -0.2) is 22.0 Å². The third-order valence-corrected chi connectivity index (χ3v) is 4.44. The summed E-state index contributed by atoms with van der Waals surface area (Å²) in [4.78, 5) is 14.4. The molecule has 0 radical (unpaired) electrons. The minimum absolute atomic E-state index is 0.117. The van der Waals surface area contributed by atoms with Crippen LogP contribution in [0.15, 0.2) is 60.3 Å². The molecule has 0 saturated carbocycles. The van der Waals surface area contributed by atoms with Crippen molar-refractivity contribution in [3.8, 4) is 5.75 Å². The van der Waals surface area contributed by atoms with Gasteiger partial charge in [0.1, 0.15) is 11.4 Å². The minimum Gasteiger partial charge on any atom is -0.491 e. The number of ether oxygens (including phenoxy) is 1. The van der Waals surface area contributed by atoms with Gasteiger partial charge in [-0.3, -0.25) is 9.69 Å². The molecular formula is C21H22N2O2S.